The molecule has 0 unspecified atom stereocenters. The van der Waals surface area contributed by atoms with E-state index in [0.717, 1.165) is 5.69 Å². The van der Waals surface area contributed by atoms with Gasteiger partial charge in [-0.15, -0.1) is 0 Å². The molecular formula is C11H16N2S. The van der Waals surface area contributed by atoms with E-state index < -0.39 is 0 Å². The highest BCUT2D eigenvalue weighted by Gasteiger charge is 2.06. The number of nitrogens with two attached hydrogens (primary N) is 1. The first-order chi connectivity index (χ1) is 6.50. The van der Waals surface area contributed by atoms with E-state index in [0.29, 0.717) is 11.0 Å². The molecule has 2 nitrogen and oxygen atoms in total. The Balaban J connectivity index is 3.09. The summed E-state index contributed by atoms with van der Waals surface area (Å²) in [5.74, 6) is 0.465. The van der Waals surface area contributed by atoms with E-state index in [-0.39, 0.29) is 0 Å². The van der Waals surface area contributed by atoms with E-state index in [1.165, 1.54) is 11.1 Å². The second-order valence-corrected chi connectivity index (χ2v) is 4.17. The Kier molecular flexibility index (Phi) is 3.47. The molecule has 1 aromatic carbocycles. The van der Waals surface area contributed by atoms with Crippen LogP contribution in [0.1, 0.15) is 30.9 Å². The zero-order chi connectivity index (χ0) is 10.7. The fourth-order valence-corrected chi connectivity index (χ4v) is 1.52. The zero-order valence-electron chi connectivity index (χ0n) is 8.79. The number of hydrogen-bond acceptors (Lipinski definition) is 1. The number of anilines is 1. The van der Waals surface area contributed by atoms with Crippen molar-refractivity contribution < 1.29 is 0 Å². The van der Waals surface area contributed by atoms with Crippen LogP contribution in [0.5, 0.6) is 0 Å². The van der Waals surface area contributed by atoms with Gasteiger partial charge in [0.05, 0.1) is 0 Å². The normalized spacial score (nSPS) is 10.3. The molecule has 0 aliphatic rings. The molecule has 0 aromatic heterocycles. The van der Waals surface area contributed by atoms with Gasteiger partial charge in [0.1, 0.15) is 0 Å². The molecule has 1 aromatic rings. The van der Waals surface area contributed by atoms with Crippen molar-refractivity contribution in [1.29, 1.82) is 0 Å². The summed E-state index contributed by atoms with van der Waals surface area (Å²) < 4.78 is 0. The first kappa shape index (κ1) is 11.0. The molecule has 0 atom stereocenters. The van der Waals surface area contributed by atoms with Gasteiger partial charge in [-0.1, -0.05) is 26.0 Å². The van der Waals surface area contributed by atoms with Crippen molar-refractivity contribution in [3.05, 3.63) is 29.3 Å². The minimum atomic E-state index is 0.317. The number of nitrogens with one attached hydrogen (secondary N) is 1. The van der Waals surface area contributed by atoms with E-state index in [4.69, 9.17) is 18.0 Å². The van der Waals surface area contributed by atoms with Crippen LogP contribution in [-0.2, 0) is 0 Å². The molecular weight excluding hydrogens is 192 g/mol. The fraction of sp³-hybridized carbons (Fsp3) is 0.364. The summed E-state index contributed by atoms with van der Waals surface area (Å²) in [7, 11) is 0. The number of benzene rings is 1. The predicted molar refractivity (Wildman–Crippen MR) is 65.7 cm³/mol. The van der Waals surface area contributed by atoms with Gasteiger partial charge in [-0.05, 0) is 42.3 Å². The standard InChI is InChI=1S/C11H16N2S/c1-7(2)9-5-4-8(3)6-10(9)13-11(12)14/h4-7H,1-3H3,(H3,12,13,14). The van der Waals surface area contributed by atoms with Crippen molar-refractivity contribution in [2.24, 2.45) is 5.73 Å². The summed E-state index contributed by atoms with van der Waals surface area (Å²) in [4.78, 5) is 0. The molecule has 0 bridgehead atoms. The van der Waals surface area contributed by atoms with Crippen molar-refractivity contribution in [1.82, 2.24) is 0 Å². The highest BCUT2D eigenvalue weighted by molar-refractivity contribution is 7.80. The van der Waals surface area contributed by atoms with Crippen LogP contribution in [0, 0.1) is 6.92 Å². The fourth-order valence-electron chi connectivity index (χ4n) is 1.41. The topological polar surface area (TPSA) is 38.0 Å². The summed E-state index contributed by atoms with van der Waals surface area (Å²) in [6, 6.07) is 6.27. The Morgan fingerprint density at radius 2 is 2.07 bits per heavy atom. The van der Waals surface area contributed by atoms with Crippen molar-refractivity contribution in [2.45, 2.75) is 26.7 Å². The number of thiocarbonyl (C=S) groups is 1. The maximum absolute atomic E-state index is 5.46. The van der Waals surface area contributed by atoms with Crippen LogP contribution >= 0.6 is 12.2 Å². The molecule has 3 N–H and O–H groups in total. The summed E-state index contributed by atoms with van der Waals surface area (Å²) in [6.07, 6.45) is 0. The van der Waals surface area contributed by atoms with Crippen LogP contribution in [0.3, 0.4) is 0 Å². The Morgan fingerprint density at radius 1 is 1.43 bits per heavy atom. The second kappa shape index (κ2) is 4.42. The Hall–Kier alpha value is -1.09. The van der Waals surface area contributed by atoms with E-state index >= 15 is 0 Å². The van der Waals surface area contributed by atoms with Crippen LogP contribution in [0.4, 0.5) is 5.69 Å². The molecule has 76 valence electrons. The second-order valence-electron chi connectivity index (χ2n) is 3.73. The lowest BCUT2D eigenvalue weighted by Crippen LogP contribution is -2.20. The number of rotatable bonds is 2. The summed E-state index contributed by atoms with van der Waals surface area (Å²) in [5, 5.41) is 3.32. The first-order valence-electron chi connectivity index (χ1n) is 4.67. The molecule has 0 saturated carbocycles. The van der Waals surface area contributed by atoms with Gasteiger partial charge < -0.3 is 11.1 Å². The van der Waals surface area contributed by atoms with Gasteiger partial charge >= 0.3 is 0 Å². The van der Waals surface area contributed by atoms with Crippen molar-refractivity contribution >= 4 is 23.0 Å². The highest BCUT2D eigenvalue weighted by Crippen LogP contribution is 2.24. The maximum atomic E-state index is 5.46. The summed E-state index contributed by atoms with van der Waals surface area (Å²) in [5.41, 5.74) is 8.93. The van der Waals surface area contributed by atoms with Crippen LogP contribution in [0.2, 0.25) is 0 Å². The summed E-state index contributed by atoms with van der Waals surface area (Å²) >= 11 is 4.83. The molecule has 0 fully saturated rings. The smallest absolute Gasteiger partial charge is 0.168 e. The van der Waals surface area contributed by atoms with E-state index in [9.17, 15) is 0 Å². The molecule has 0 amide bonds. The highest BCUT2D eigenvalue weighted by atomic mass is 32.1. The number of hydrogen-bond donors (Lipinski definition) is 2. The average Bonchev–Trinajstić information content (AvgIpc) is 2.01. The molecule has 14 heavy (non-hydrogen) atoms. The van der Waals surface area contributed by atoms with Crippen LogP contribution in [-0.4, -0.2) is 5.11 Å². The zero-order valence-corrected chi connectivity index (χ0v) is 9.61. The lowest BCUT2D eigenvalue weighted by atomic mass is 9.99. The Labute approximate surface area is 90.5 Å². The SMILES string of the molecule is Cc1ccc(C(C)C)c(NC(N)=S)c1. The van der Waals surface area contributed by atoms with E-state index in [2.05, 4.69) is 44.3 Å². The molecule has 0 aliphatic carbocycles. The Bertz CT molecular complexity index is 345. The van der Waals surface area contributed by atoms with Crippen molar-refractivity contribution in [3.8, 4) is 0 Å². The van der Waals surface area contributed by atoms with Crippen LogP contribution in [0.15, 0.2) is 18.2 Å². The van der Waals surface area contributed by atoms with Gasteiger partial charge in [0.15, 0.2) is 5.11 Å². The van der Waals surface area contributed by atoms with Gasteiger partial charge in [-0.2, -0.15) is 0 Å². The average molecular weight is 208 g/mol. The third-order valence-electron chi connectivity index (χ3n) is 2.09. The first-order valence-corrected chi connectivity index (χ1v) is 5.08. The third-order valence-corrected chi connectivity index (χ3v) is 2.19. The molecule has 0 spiro atoms. The molecule has 0 heterocycles. The number of aryl methyl sites for hydroxylation is 1. The van der Waals surface area contributed by atoms with E-state index in [1.54, 1.807) is 0 Å². The van der Waals surface area contributed by atoms with Gasteiger partial charge in [0, 0.05) is 5.69 Å². The van der Waals surface area contributed by atoms with E-state index in [1.807, 2.05) is 0 Å². The molecule has 3 heteroatoms. The molecule has 1 rings (SSSR count). The van der Waals surface area contributed by atoms with Gasteiger partial charge in [-0.3, -0.25) is 0 Å². The van der Waals surface area contributed by atoms with Crippen molar-refractivity contribution in [2.75, 3.05) is 5.32 Å². The lowest BCUT2D eigenvalue weighted by molar-refractivity contribution is 0.869. The molecule has 0 radical (unpaired) electrons. The van der Waals surface area contributed by atoms with Crippen LogP contribution in [0.25, 0.3) is 0 Å². The molecule has 0 saturated heterocycles. The third kappa shape index (κ3) is 2.70. The van der Waals surface area contributed by atoms with Gasteiger partial charge in [-0.25, -0.2) is 0 Å². The molecule has 0 aliphatic heterocycles. The van der Waals surface area contributed by atoms with Crippen LogP contribution < -0.4 is 11.1 Å². The quantitative estimate of drug-likeness (QED) is 0.734. The Morgan fingerprint density at radius 3 is 2.57 bits per heavy atom. The van der Waals surface area contributed by atoms with Gasteiger partial charge in [0.2, 0.25) is 0 Å². The maximum Gasteiger partial charge on any atom is 0.168 e. The monoisotopic (exact) mass is 208 g/mol. The lowest BCUT2D eigenvalue weighted by Gasteiger charge is -2.14. The predicted octanol–water partition coefficient (Wildman–Crippen LogP) is 2.77. The van der Waals surface area contributed by atoms with Crippen molar-refractivity contribution in [3.63, 3.8) is 0 Å². The summed E-state index contributed by atoms with van der Waals surface area (Å²) in [6.45, 7) is 6.35. The largest absolute Gasteiger partial charge is 0.376 e. The minimum Gasteiger partial charge on any atom is -0.376 e. The van der Waals surface area contributed by atoms with Gasteiger partial charge in [0.25, 0.3) is 0 Å². The minimum absolute atomic E-state index is 0.317.